The molecule has 3 rings (SSSR count). The quantitative estimate of drug-likeness (QED) is 0.640. The largest absolute Gasteiger partial charge is 0.490 e. The molecule has 0 saturated carbocycles. The second-order valence-electron chi connectivity index (χ2n) is 7.61. The minimum atomic E-state index is -3.34. The molecule has 1 N–H and O–H groups in total. The molecule has 0 spiro atoms. The van der Waals surface area contributed by atoms with Crippen molar-refractivity contribution in [2.75, 3.05) is 30.3 Å². The summed E-state index contributed by atoms with van der Waals surface area (Å²) >= 11 is 0. The number of anilines is 1. The zero-order valence-electron chi connectivity index (χ0n) is 18.5. The third-order valence-corrected chi connectivity index (χ3v) is 6.43. The van der Waals surface area contributed by atoms with Gasteiger partial charge in [0.25, 0.3) is 5.91 Å². The number of carbonyl (C=O) groups excluding carboxylic acids is 1. The number of rotatable bonds is 9. The minimum Gasteiger partial charge on any atom is -0.490 e. The van der Waals surface area contributed by atoms with Crippen LogP contribution in [0.5, 0.6) is 11.5 Å². The Kier molecular flexibility index (Phi) is 7.10. The van der Waals surface area contributed by atoms with E-state index in [0.29, 0.717) is 55.4 Å². The van der Waals surface area contributed by atoms with Crippen LogP contribution in [-0.4, -0.2) is 46.4 Å². The van der Waals surface area contributed by atoms with Gasteiger partial charge < -0.3 is 14.8 Å². The number of nitrogens with one attached hydrogen (secondary N) is 1. The molecule has 0 aromatic heterocycles. The van der Waals surface area contributed by atoms with Crippen molar-refractivity contribution in [2.45, 2.75) is 39.7 Å². The van der Waals surface area contributed by atoms with Gasteiger partial charge in [-0.25, -0.2) is 8.42 Å². The zero-order valence-corrected chi connectivity index (χ0v) is 19.3. The second kappa shape index (κ2) is 9.60. The van der Waals surface area contributed by atoms with Crippen molar-refractivity contribution in [3.8, 4) is 11.5 Å². The van der Waals surface area contributed by atoms with Crippen molar-refractivity contribution in [1.29, 1.82) is 0 Å². The van der Waals surface area contributed by atoms with Gasteiger partial charge in [-0.3, -0.25) is 9.10 Å². The van der Waals surface area contributed by atoms with E-state index in [1.165, 1.54) is 10.6 Å². The minimum absolute atomic E-state index is 0.150. The van der Waals surface area contributed by atoms with Crippen LogP contribution in [0, 0.1) is 0 Å². The van der Waals surface area contributed by atoms with Crippen molar-refractivity contribution >= 4 is 21.6 Å². The van der Waals surface area contributed by atoms with Gasteiger partial charge in [0.1, 0.15) is 0 Å². The van der Waals surface area contributed by atoms with Crippen molar-refractivity contribution in [2.24, 2.45) is 0 Å². The van der Waals surface area contributed by atoms with Gasteiger partial charge in [0, 0.05) is 18.2 Å². The molecule has 31 heavy (non-hydrogen) atoms. The highest BCUT2D eigenvalue weighted by atomic mass is 32.2. The van der Waals surface area contributed by atoms with Crippen LogP contribution in [0.15, 0.2) is 36.4 Å². The lowest BCUT2D eigenvalue weighted by atomic mass is 10.1. The van der Waals surface area contributed by atoms with Crippen LogP contribution >= 0.6 is 0 Å². The van der Waals surface area contributed by atoms with Crippen molar-refractivity contribution in [3.63, 3.8) is 0 Å². The van der Waals surface area contributed by atoms with Gasteiger partial charge in [-0.1, -0.05) is 6.07 Å². The average Bonchev–Trinajstić information content (AvgIpc) is 3.05. The molecule has 1 amide bonds. The maximum atomic E-state index is 12.6. The van der Waals surface area contributed by atoms with E-state index < -0.39 is 10.0 Å². The highest BCUT2D eigenvalue weighted by Crippen LogP contribution is 2.34. The summed E-state index contributed by atoms with van der Waals surface area (Å²) in [4.78, 5) is 12.6. The number of sulfonamides is 1. The van der Waals surface area contributed by atoms with Gasteiger partial charge in [0.15, 0.2) is 11.5 Å². The first kappa shape index (κ1) is 22.9. The molecule has 1 unspecified atom stereocenters. The average molecular weight is 447 g/mol. The van der Waals surface area contributed by atoms with E-state index in [1.54, 1.807) is 18.2 Å². The van der Waals surface area contributed by atoms with Crippen LogP contribution in [-0.2, 0) is 22.9 Å². The third-order valence-electron chi connectivity index (χ3n) is 5.16. The van der Waals surface area contributed by atoms with Gasteiger partial charge >= 0.3 is 0 Å². The first-order chi connectivity index (χ1) is 14.7. The number of carbonyl (C=O) groups is 1. The van der Waals surface area contributed by atoms with Crippen molar-refractivity contribution < 1.29 is 22.7 Å². The first-order valence-corrected chi connectivity index (χ1v) is 12.4. The van der Waals surface area contributed by atoms with Gasteiger partial charge in [-0.15, -0.1) is 0 Å². The molecule has 2 aromatic carbocycles. The van der Waals surface area contributed by atoms with Crippen LogP contribution in [0.3, 0.4) is 0 Å². The SMILES string of the molecule is CCOc1ccc(CCNC(=O)c2ccc3c(c2)CC(C)N3S(C)(=O)=O)cc1OCC. The highest BCUT2D eigenvalue weighted by molar-refractivity contribution is 7.92. The molecule has 7 nitrogen and oxygen atoms in total. The summed E-state index contributed by atoms with van der Waals surface area (Å²) < 4.78 is 36.8. The lowest BCUT2D eigenvalue weighted by molar-refractivity contribution is 0.0954. The molecule has 1 heterocycles. The van der Waals surface area contributed by atoms with E-state index in [-0.39, 0.29) is 11.9 Å². The van der Waals surface area contributed by atoms with Crippen LogP contribution in [0.4, 0.5) is 5.69 Å². The highest BCUT2D eigenvalue weighted by Gasteiger charge is 2.32. The van der Waals surface area contributed by atoms with E-state index in [4.69, 9.17) is 9.47 Å². The van der Waals surface area contributed by atoms with E-state index in [0.717, 1.165) is 11.1 Å². The monoisotopic (exact) mass is 446 g/mol. The number of benzene rings is 2. The number of ether oxygens (including phenoxy) is 2. The summed E-state index contributed by atoms with van der Waals surface area (Å²) in [5, 5.41) is 2.94. The number of fused-ring (bicyclic) bond motifs is 1. The summed E-state index contributed by atoms with van der Waals surface area (Å²) in [5.41, 5.74) is 3.10. The number of hydrogen-bond acceptors (Lipinski definition) is 5. The summed E-state index contributed by atoms with van der Waals surface area (Å²) in [7, 11) is -3.34. The van der Waals surface area contributed by atoms with E-state index in [2.05, 4.69) is 5.32 Å². The van der Waals surface area contributed by atoms with E-state index >= 15 is 0 Å². The Bertz CT molecular complexity index is 1050. The first-order valence-electron chi connectivity index (χ1n) is 10.5. The molecular formula is C23H30N2O5S. The lowest BCUT2D eigenvalue weighted by Gasteiger charge is -2.21. The van der Waals surface area contributed by atoms with Gasteiger partial charge in [-0.05, 0) is 75.1 Å². The Labute approximate surface area is 184 Å². The van der Waals surface area contributed by atoms with Gasteiger partial charge in [0.05, 0.1) is 25.2 Å². The Morgan fingerprint density at radius 1 is 1.10 bits per heavy atom. The smallest absolute Gasteiger partial charge is 0.251 e. The third kappa shape index (κ3) is 5.31. The Balaban J connectivity index is 1.63. The summed E-state index contributed by atoms with van der Waals surface area (Å²) in [6.07, 6.45) is 2.45. The molecule has 0 radical (unpaired) electrons. The molecule has 0 aliphatic carbocycles. The molecule has 0 saturated heterocycles. The van der Waals surface area contributed by atoms with E-state index in [1.807, 2.05) is 39.0 Å². The maximum Gasteiger partial charge on any atom is 0.251 e. The molecule has 0 bridgehead atoms. The normalized spacial score (nSPS) is 15.5. The standard InChI is InChI=1S/C23H30N2O5S/c1-5-29-21-10-7-17(14-22(21)30-6-2)11-12-24-23(26)18-8-9-20-19(15-18)13-16(3)25(20)31(4,27)28/h7-10,14-16H,5-6,11-13H2,1-4H3,(H,24,26). The van der Waals surface area contributed by atoms with Crippen LogP contribution in [0.1, 0.15) is 42.3 Å². The maximum absolute atomic E-state index is 12.6. The topological polar surface area (TPSA) is 84.9 Å². The molecule has 1 atom stereocenters. The molecule has 8 heteroatoms. The Morgan fingerprint density at radius 2 is 1.81 bits per heavy atom. The number of hydrogen-bond donors (Lipinski definition) is 1. The number of nitrogens with zero attached hydrogens (tertiary/aromatic N) is 1. The van der Waals surface area contributed by atoms with Crippen molar-refractivity contribution in [1.82, 2.24) is 5.32 Å². The van der Waals surface area contributed by atoms with Crippen LogP contribution in [0.25, 0.3) is 0 Å². The summed E-state index contributed by atoms with van der Waals surface area (Å²) in [6, 6.07) is 10.8. The van der Waals surface area contributed by atoms with Crippen LogP contribution < -0.4 is 19.1 Å². The van der Waals surface area contributed by atoms with Crippen molar-refractivity contribution in [3.05, 3.63) is 53.1 Å². The molecule has 168 valence electrons. The molecular weight excluding hydrogens is 416 g/mol. The molecule has 1 aliphatic rings. The molecule has 2 aromatic rings. The lowest BCUT2D eigenvalue weighted by Crippen LogP contribution is -2.34. The zero-order chi connectivity index (χ0) is 22.6. The van der Waals surface area contributed by atoms with Gasteiger partial charge in [0.2, 0.25) is 10.0 Å². The number of amides is 1. The Hall–Kier alpha value is -2.74. The fourth-order valence-electron chi connectivity index (χ4n) is 3.92. The van der Waals surface area contributed by atoms with Gasteiger partial charge in [-0.2, -0.15) is 0 Å². The van der Waals surface area contributed by atoms with E-state index in [9.17, 15) is 13.2 Å². The van der Waals surface area contributed by atoms with Crippen LogP contribution in [0.2, 0.25) is 0 Å². The predicted octanol–water partition coefficient (Wildman–Crippen LogP) is 3.17. The second-order valence-corrected chi connectivity index (χ2v) is 9.47. The fraction of sp³-hybridized carbons (Fsp3) is 0.435. The molecule has 1 aliphatic heterocycles. The molecule has 0 fully saturated rings. The fourth-order valence-corrected chi connectivity index (χ4v) is 5.19. The summed E-state index contributed by atoms with van der Waals surface area (Å²) in [5.74, 6) is 1.24. The Morgan fingerprint density at radius 3 is 2.48 bits per heavy atom. The predicted molar refractivity (Wildman–Crippen MR) is 122 cm³/mol. The summed E-state index contributed by atoms with van der Waals surface area (Å²) in [6.45, 7) is 7.31.